The zero-order valence-corrected chi connectivity index (χ0v) is 42.2. The molecule has 0 bridgehead atoms. The maximum atomic E-state index is 13.0. The normalized spacial score (nSPS) is 12.7. The Bertz CT molecular complexity index is 1600. The van der Waals surface area contributed by atoms with E-state index < -0.39 is 23.7 Å². The highest BCUT2D eigenvalue weighted by atomic mass is 16.6. The summed E-state index contributed by atoms with van der Waals surface area (Å²) in [6.07, 6.45) is 1.06. The second-order valence-electron chi connectivity index (χ2n) is 16.9. The summed E-state index contributed by atoms with van der Waals surface area (Å²) < 4.78 is 76.4. The van der Waals surface area contributed by atoms with Crippen molar-refractivity contribution in [1.82, 2.24) is 10.6 Å². The Labute approximate surface area is 415 Å². The predicted molar refractivity (Wildman–Crippen MR) is 260 cm³/mol. The van der Waals surface area contributed by atoms with Crippen molar-refractivity contribution in [2.45, 2.75) is 64.0 Å². The summed E-state index contributed by atoms with van der Waals surface area (Å²) in [6.45, 7) is 16.5. The first-order chi connectivity index (χ1) is 34.2. The van der Waals surface area contributed by atoms with Crippen LogP contribution >= 0.6 is 0 Å². The van der Waals surface area contributed by atoms with Gasteiger partial charge < -0.3 is 76.9 Å². The number of benzene rings is 2. The molecule has 0 saturated carbocycles. The molecule has 1 atom stereocenters. The summed E-state index contributed by atoms with van der Waals surface area (Å²) in [6, 6.07) is 15.5. The molecule has 0 fully saturated rings. The van der Waals surface area contributed by atoms with Crippen LogP contribution in [0.15, 0.2) is 48.5 Å². The van der Waals surface area contributed by atoms with Crippen LogP contribution in [0.1, 0.15) is 63.5 Å². The minimum Gasteiger partial charge on any atom is -0.458 e. The summed E-state index contributed by atoms with van der Waals surface area (Å²) in [5.41, 5.74) is 3.91. The second-order valence-corrected chi connectivity index (χ2v) is 16.9. The zero-order valence-electron chi connectivity index (χ0n) is 42.2. The van der Waals surface area contributed by atoms with E-state index in [2.05, 4.69) is 34.9 Å². The summed E-state index contributed by atoms with van der Waals surface area (Å²) in [7, 11) is 1.64. The van der Waals surface area contributed by atoms with Gasteiger partial charge in [-0.1, -0.05) is 48.5 Å². The van der Waals surface area contributed by atoms with E-state index in [-0.39, 0.29) is 31.5 Å². The Hall–Kier alpha value is -3.83. The van der Waals surface area contributed by atoms with Crippen LogP contribution in [-0.2, 0) is 75.9 Å². The van der Waals surface area contributed by atoms with E-state index >= 15 is 0 Å². The third-order valence-electron chi connectivity index (χ3n) is 10.2. The molecule has 70 heavy (non-hydrogen) atoms. The molecule has 19 nitrogen and oxygen atoms in total. The van der Waals surface area contributed by atoms with E-state index in [1.165, 1.54) is 11.1 Å². The molecule has 1 aliphatic rings. The van der Waals surface area contributed by atoms with E-state index in [4.69, 9.17) is 66.3 Å². The fourth-order valence-corrected chi connectivity index (χ4v) is 6.81. The summed E-state index contributed by atoms with van der Waals surface area (Å²) in [5, 5.41) is 5.60. The van der Waals surface area contributed by atoms with Gasteiger partial charge in [-0.2, -0.15) is 0 Å². The van der Waals surface area contributed by atoms with Gasteiger partial charge in [-0.25, -0.2) is 9.59 Å². The van der Waals surface area contributed by atoms with Gasteiger partial charge >= 0.3 is 12.1 Å². The molecular weight excluding hydrogens is 913 g/mol. The van der Waals surface area contributed by atoms with Crippen LogP contribution in [0.2, 0.25) is 0 Å². The standard InChI is InChI=1S/C51H82N2O17/c1-51(2,3)70-49(55)47(15-9-10-17-52-50(56)69-41-46-44-13-7-5-11-42(44)43-12-6-8-14-45(43)46)53-48(54)16-18-58-21-22-60-25-26-62-29-30-64-33-34-66-37-38-68-40-39-67-36-35-65-32-31-63-28-27-61-24-23-59-20-19-57-4/h5-8,11-14,46-47H,9-10,15-41H2,1-4H3,(H,52,56)(H,53,54)/t47-/m0/s1. The quantitative estimate of drug-likeness (QED) is 0.0680. The number of nitrogens with one attached hydrogen (secondary N) is 2. The smallest absolute Gasteiger partial charge is 0.407 e. The van der Waals surface area contributed by atoms with E-state index in [0.29, 0.717) is 171 Å². The van der Waals surface area contributed by atoms with Gasteiger partial charge in [-0.15, -0.1) is 0 Å². The number of carbonyl (C=O) groups excluding carboxylic acids is 3. The second kappa shape index (κ2) is 39.7. The Balaban J connectivity index is 1.05. The van der Waals surface area contributed by atoms with Crippen molar-refractivity contribution in [2.75, 3.05) is 172 Å². The molecule has 0 aromatic heterocycles. The van der Waals surface area contributed by atoms with Gasteiger partial charge in [0.05, 0.1) is 152 Å². The summed E-state index contributed by atoms with van der Waals surface area (Å²) in [4.78, 5) is 38.3. The molecule has 0 radical (unpaired) electrons. The first-order valence-corrected chi connectivity index (χ1v) is 24.6. The van der Waals surface area contributed by atoms with Gasteiger partial charge in [0.25, 0.3) is 0 Å². The lowest BCUT2D eigenvalue weighted by molar-refractivity contribution is -0.159. The van der Waals surface area contributed by atoms with Crippen LogP contribution in [0.5, 0.6) is 0 Å². The Kier molecular flexibility index (Phi) is 34.3. The van der Waals surface area contributed by atoms with Crippen molar-refractivity contribution in [3.8, 4) is 11.1 Å². The van der Waals surface area contributed by atoms with Gasteiger partial charge in [-0.3, -0.25) is 4.79 Å². The number of carbonyl (C=O) groups is 3. The Morgan fingerprint density at radius 2 is 0.886 bits per heavy atom. The van der Waals surface area contributed by atoms with E-state index in [0.717, 1.165) is 11.1 Å². The van der Waals surface area contributed by atoms with E-state index in [1.54, 1.807) is 27.9 Å². The van der Waals surface area contributed by atoms with Crippen molar-refractivity contribution in [1.29, 1.82) is 0 Å². The van der Waals surface area contributed by atoms with Crippen LogP contribution in [0.3, 0.4) is 0 Å². The maximum Gasteiger partial charge on any atom is 0.407 e. The highest BCUT2D eigenvalue weighted by Crippen LogP contribution is 2.44. The van der Waals surface area contributed by atoms with Crippen molar-refractivity contribution in [3.63, 3.8) is 0 Å². The lowest BCUT2D eigenvalue weighted by atomic mass is 9.98. The number of hydrogen-bond donors (Lipinski definition) is 2. The van der Waals surface area contributed by atoms with Gasteiger partial charge in [0.1, 0.15) is 18.2 Å². The predicted octanol–water partition coefficient (Wildman–Crippen LogP) is 4.74. The fraction of sp³-hybridized carbons (Fsp3) is 0.706. The highest BCUT2D eigenvalue weighted by molar-refractivity contribution is 5.84. The molecule has 0 saturated heterocycles. The van der Waals surface area contributed by atoms with Crippen LogP contribution in [0, 0.1) is 0 Å². The molecule has 398 valence electrons. The number of unbranched alkanes of at least 4 members (excludes halogenated alkanes) is 1. The Morgan fingerprint density at radius 1 is 0.514 bits per heavy atom. The SMILES string of the molecule is COCCOCCOCCOCCOCCOCCOCCOCCOCCOCCOCCOCCC(=O)N[C@@H](CCCCNC(=O)OCC1c2ccccc2-c2ccccc21)C(=O)OC(C)(C)C. The molecule has 2 aromatic rings. The molecule has 0 aliphatic heterocycles. The topological polar surface area (TPSA) is 204 Å². The molecular formula is C51H82N2O17. The lowest BCUT2D eigenvalue weighted by Gasteiger charge is -2.24. The number of esters is 1. The molecule has 2 aromatic carbocycles. The fourth-order valence-electron chi connectivity index (χ4n) is 6.81. The first kappa shape index (κ1) is 60.5. The zero-order chi connectivity index (χ0) is 50.2. The monoisotopic (exact) mass is 995 g/mol. The summed E-state index contributed by atoms with van der Waals surface area (Å²) in [5.74, 6) is -0.856. The average Bonchev–Trinajstić information content (AvgIpc) is 3.66. The minimum atomic E-state index is -0.831. The molecule has 0 heterocycles. The average molecular weight is 995 g/mol. The van der Waals surface area contributed by atoms with Crippen LogP contribution < -0.4 is 10.6 Å². The number of hydrogen-bond acceptors (Lipinski definition) is 17. The van der Waals surface area contributed by atoms with Crippen molar-refractivity contribution in [2.24, 2.45) is 0 Å². The molecule has 2 amide bonds. The molecule has 0 unspecified atom stereocenters. The Morgan fingerprint density at radius 3 is 1.27 bits per heavy atom. The molecule has 0 spiro atoms. The number of amides is 2. The number of alkyl carbamates (subject to hydrolysis) is 1. The van der Waals surface area contributed by atoms with Gasteiger partial charge in [-0.05, 0) is 62.3 Å². The third kappa shape index (κ3) is 29.5. The van der Waals surface area contributed by atoms with E-state index in [1.807, 2.05) is 24.3 Å². The number of methoxy groups -OCH3 is 1. The number of fused-ring (bicyclic) bond motifs is 3. The molecule has 3 rings (SSSR count). The number of ether oxygens (including phenoxy) is 14. The molecule has 19 heteroatoms. The largest absolute Gasteiger partial charge is 0.458 e. The minimum absolute atomic E-state index is 0.0231. The van der Waals surface area contributed by atoms with Gasteiger partial charge in [0.2, 0.25) is 5.91 Å². The molecule has 2 N–H and O–H groups in total. The van der Waals surface area contributed by atoms with E-state index in [9.17, 15) is 14.4 Å². The highest BCUT2D eigenvalue weighted by Gasteiger charge is 2.29. The van der Waals surface area contributed by atoms with Gasteiger partial charge in [0.15, 0.2) is 0 Å². The van der Waals surface area contributed by atoms with Crippen molar-refractivity contribution < 1.29 is 80.7 Å². The third-order valence-corrected chi connectivity index (χ3v) is 10.2. The first-order valence-electron chi connectivity index (χ1n) is 24.6. The van der Waals surface area contributed by atoms with Crippen LogP contribution in [-0.4, -0.2) is 202 Å². The number of rotatable bonds is 45. The molecule has 1 aliphatic carbocycles. The maximum absolute atomic E-state index is 13.0. The lowest BCUT2D eigenvalue weighted by Crippen LogP contribution is -2.44. The summed E-state index contributed by atoms with van der Waals surface area (Å²) >= 11 is 0. The van der Waals surface area contributed by atoms with Crippen LogP contribution in [0.25, 0.3) is 11.1 Å². The van der Waals surface area contributed by atoms with Crippen molar-refractivity contribution >= 4 is 18.0 Å². The van der Waals surface area contributed by atoms with Gasteiger partial charge in [0, 0.05) is 26.0 Å². The van der Waals surface area contributed by atoms with Crippen molar-refractivity contribution in [3.05, 3.63) is 59.7 Å². The van der Waals surface area contributed by atoms with Crippen LogP contribution in [0.4, 0.5) is 4.79 Å².